The largest absolute Gasteiger partial charge is 0.340 e. The summed E-state index contributed by atoms with van der Waals surface area (Å²) in [7, 11) is 0. The molecular weight excluding hydrogens is 240 g/mol. The lowest BCUT2D eigenvalue weighted by molar-refractivity contribution is -0.156. The molecule has 2 fully saturated rings. The molecule has 19 heavy (non-hydrogen) atoms. The lowest BCUT2D eigenvalue weighted by atomic mass is 9.89. The maximum Gasteiger partial charge on any atom is 0.248 e. The average Bonchev–Trinajstić information content (AvgIpc) is 3.05. The molecule has 0 radical (unpaired) electrons. The number of nitrogens with zero attached hydrogens (tertiary/aromatic N) is 1. The van der Waals surface area contributed by atoms with Crippen LogP contribution < -0.4 is 5.32 Å². The highest BCUT2D eigenvalue weighted by Crippen LogP contribution is 2.50. The number of carbonyl (C=O) groups is 2. The molecule has 1 atom stereocenters. The van der Waals surface area contributed by atoms with E-state index in [2.05, 4.69) is 12.2 Å². The standard InChI is InChI=1S/C15H26N2O2/c1-6-15(7-8-15)9-17-11(10(2)3)12(18)16-14(4,5)13(17)19/h10-11H,6-9H2,1-5H3,(H,16,18). The lowest BCUT2D eigenvalue weighted by Crippen LogP contribution is -2.69. The number of nitrogens with one attached hydrogen (secondary N) is 1. The van der Waals surface area contributed by atoms with Crippen molar-refractivity contribution < 1.29 is 9.59 Å². The molecule has 0 spiro atoms. The Hall–Kier alpha value is -1.06. The highest BCUT2D eigenvalue weighted by atomic mass is 16.2. The van der Waals surface area contributed by atoms with Crippen molar-refractivity contribution in [3.05, 3.63) is 0 Å². The zero-order valence-corrected chi connectivity index (χ0v) is 12.7. The molecule has 1 aliphatic heterocycles. The van der Waals surface area contributed by atoms with Gasteiger partial charge in [-0.3, -0.25) is 9.59 Å². The third-order valence-corrected chi connectivity index (χ3v) is 4.68. The fraction of sp³-hybridized carbons (Fsp3) is 0.867. The van der Waals surface area contributed by atoms with Crippen LogP contribution in [0.3, 0.4) is 0 Å². The van der Waals surface area contributed by atoms with Crippen molar-refractivity contribution in [3.63, 3.8) is 0 Å². The molecule has 1 heterocycles. The van der Waals surface area contributed by atoms with Gasteiger partial charge in [0.15, 0.2) is 0 Å². The molecule has 1 unspecified atom stereocenters. The van der Waals surface area contributed by atoms with E-state index >= 15 is 0 Å². The minimum absolute atomic E-state index is 0.00787. The van der Waals surface area contributed by atoms with E-state index in [9.17, 15) is 9.59 Å². The molecule has 4 nitrogen and oxygen atoms in total. The summed E-state index contributed by atoms with van der Waals surface area (Å²) in [5.41, 5.74) is -0.497. The summed E-state index contributed by atoms with van der Waals surface area (Å²) >= 11 is 0. The Balaban J connectivity index is 2.27. The van der Waals surface area contributed by atoms with Gasteiger partial charge in [0.25, 0.3) is 0 Å². The number of hydrogen-bond donors (Lipinski definition) is 1. The summed E-state index contributed by atoms with van der Waals surface area (Å²) in [6, 6.07) is -0.315. The average molecular weight is 266 g/mol. The smallest absolute Gasteiger partial charge is 0.248 e. The molecule has 1 saturated heterocycles. The Kier molecular flexibility index (Phi) is 3.40. The van der Waals surface area contributed by atoms with Gasteiger partial charge < -0.3 is 10.2 Å². The zero-order valence-electron chi connectivity index (χ0n) is 12.7. The third kappa shape index (κ3) is 2.49. The molecule has 0 aromatic rings. The molecule has 2 aliphatic rings. The number of carbonyl (C=O) groups excluding carboxylic acids is 2. The Morgan fingerprint density at radius 3 is 2.32 bits per heavy atom. The van der Waals surface area contributed by atoms with E-state index in [1.807, 2.05) is 18.7 Å². The van der Waals surface area contributed by atoms with Crippen molar-refractivity contribution in [3.8, 4) is 0 Å². The van der Waals surface area contributed by atoms with Crippen LogP contribution >= 0.6 is 0 Å². The molecular formula is C15H26N2O2. The second kappa shape index (κ2) is 4.50. The Morgan fingerprint density at radius 2 is 1.89 bits per heavy atom. The molecule has 108 valence electrons. The normalized spacial score (nSPS) is 28.5. The quantitative estimate of drug-likeness (QED) is 0.845. The second-order valence-electron chi connectivity index (χ2n) is 7.09. The maximum atomic E-state index is 12.6. The summed E-state index contributed by atoms with van der Waals surface area (Å²) in [6.07, 6.45) is 3.45. The number of piperazine rings is 1. The Labute approximate surface area is 115 Å². The third-order valence-electron chi connectivity index (χ3n) is 4.68. The minimum Gasteiger partial charge on any atom is -0.340 e. The monoisotopic (exact) mass is 266 g/mol. The van der Waals surface area contributed by atoms with E-state index in [1.54, 1.807) is 13.8 Å². The van der Waals surface area contributed by atoms with Crippen molar-refractivity contribution in [2.75, 3.05) is 6.54 Å². The van der Waals surface area contributed by atoms with E-state index in [-0.39, 0.29) is 29.2 Å². The van der Waals surface area contributed by atoms with E-state index in [4.69, 9.17) is 0 Å². The SMILES string of the molecule is CCC1(CN2C(=O)C(C)(C)NC(=O)C2C(C)C)CC1. The van der Waals surface area contributed by atoms with Crippen LogP contribution in [0.25, 0.3) is 0 Å². The van der Waals surface area contributed by atoms with Gasteiger partial charge in [0.05, 0.1) is 0 Å². The van der Waals surface area contributed by atoms with Crippen molar-refractivity contribution in [2.24, 2.45) is 11.3 Å². The van der Waals surface area contributed by atoms with Gasteiger partial charge in [0.1, 0.15) is 11.6 Å². The topological polar surface area (TPSA) is 49.4 Å². The van der Waals surface area contributed by atoms with Crippen molar-refractivity contribution in [1.82, 2.24) is 10.2 Å². The van der Waals surface area contributed by atoms with Gasteiger partial charge in [-0.25, -0.2) is 0 Å². The van der Waals surface area contributed by atoms with Crippen molar-refractivity contribution in [1.29, 1.82) is 0 Å². The molecule has 1 N–H and O–H groups in total. The molecule has 2 rings (SSSR count). The fourth-order valence-electron chi connectivity index (χ4n) is 3.06. The highest BCUT2D eigenvalue weighted by molar-refractivity contribution is 5.99. The van der Waals surface area contributed by atoms with Crippen LogP contribution in [0, 0.1) is 11.3 Å². The predicted molar refractivity (Wildman–Crippen MR) is 74.5 cm³/mol. The van der Waals surface area contributed by atoms with Gasteiger partial charge in [0, 0.05) is 6.54 Å². The van der Waals surface area contributed by atoms with Gasteiger partial charge in [-0.15, -0.1) is 0 Å². The van der Waals surface area contributed by atoms with Crippen LogP contribution in [0.4, 0.5) is 0 Å². The molecule has 1 aliphatic carbocycles. The molecule has 2 amide bonds. The summed E-state index contributed by atoms with van der Waals surface area (Å²) in [5, 5.41) is 2.86. The Morgan fingerprint density at radius 1 is 1.32 bits per heavy atom. The summed E-state index contributed by atoms with van der Waals surface area (Å²) in [5.74, 6) is 0.199. The first-order valence-electron chi connectivity index (χ1n) is 7.35. The van der Waals surface area contributed by atoms with E-state index in [0.29, 0.717) is 0 Å². The van der Waals surface area contributed by atoms with Crippen molar-refractivity contribution in [2.45, 2.75) is 65.5 Å². The molecule has 0 bridgehead atoms. The number of amides is 2. The molecule has 0 aromatic carbocycles. The molecule has 4 heteroatoms. The van der Waals surface area contributed by atoms with Gasteiger partial charge in [-0.2, -0.15) is 0 Å². The fourth-order valence-corrected chi connectivity index (χ4v) is 3.06. The van der Waals surface area contributed by atoms with E-state index in [1.165, 1.54) is 12.8 Å². The second-order valence-corrected chi connectivity index (χ2v) is 7.09. The zero-order chi connectivity index (χ0) is 14.4. The Bertz CT molecular complexity index is 397. The highest BCUT2D eigenvalue weighted by Gasteiger charge is 2.51. The first-order chi connectivity index (χ1) is 8.72. The van der Waals surface area contributed by atoms with Gasteiger partial charge in [-0.1, -0.05) is 20.8 Å². The first kappa shape index (κ1) is 14.4. The first-order valence-corrected chi connectivity index (χ1v) is 7.35. The molecule has 1 saturated carbocycles. The van der Waals surface area contributed by atoms with Crippen LogP contribution in [0.2, 0.25) is 0 Å². The van der Waals surface area contributed by atoms with Crippen molar-refractivity contribution >= 4 is 11.8 Å². The lowest BCUT2D eigenvalue weighted by Gasteiger charge is -2.45. The summed E-state index contributed by atoms with van der Waals surface area (Å²) < 4.78 is 0. The van der Waals surface area contributed by atoms with E-state index < -0.39 is 5.54 Å². The summed E-state index contributed by atoms with van der Waals surface area (Å²) in [4.78, 5) is 26.8. The number of rotatable bonds is 4. The van der Waals surface area contributed by atoms with Crippen LogP contribution in [-0.4, -0.2) is 34.8 Å². The van der Waals surface area contributed by atoms with Gasteiger partial charge in [-0.05, 0) is 44.4 Å². The minimum atomic E-state index is -0.772. The van der Waals surface area contributed by atoms with Crippen LogP contribution in [-0.2, 0) is 9.59 Å². The van der Waals surface area contributed by atoms with E-state index in [0.717, 1.165) is 13.0 Å². The van der Waals surface area contributed by atoms with Crippen LogP contribution in [0.1, 0.15) is 53.9 Å². The van der Waals surface area contributed by atoms with Crippen LogP contribution in [0.15, 0.2) is 0 Å². The van der Waals surface area contributed by atoms with Crippen LogP contribution in [0.5, 0.6) is 0 Å². The van der Waals surface area contributed by atoms with Gasteiger partial charge >= 0.3 is 0 Å². The van der Waals surface area contributed by atoms with Gasteiger partial charge in [0.2, 0.25) is 11.8 Å². The summed E-state index contributed by atoms with van der Waals surface area (Å²) in [6.45, 7) is 10.5. The molecule has 0 aromatic heterocycles. The predicted octanol–water partition coefficient (Wildman–Crippen LogP) is 1.94. The maximum absolute atomic E-state index is 12.6. The number of hydrogen-bond acceptors (Lipinski definition) is 2.